The number of hydrogen-bond acceptors (Lipinski definition) is 5. The number of hydrogen-bond donors (Lipinski definition) is 1. The summed E-state index contributed by atoms with van der Waals surface area (Å²) < 4.78 is 2.04. The van der Waals surface area contributed by atoms with Crippen LogP contribution in [-0.2, 0) is 11.8 Å². The van der Waals surface area contributed by atoms with Gasteiger partial charge in [0.15, 0.2) is 0 Å². The molecule has 0 bridgehead atoms. The van der Waals surface area contributed by atoms with Gasteiger partial charge in [-0.25, -0.2) is 4.99 Å². The van der Waals surface area contributed by atoms with Crippen molar-refractivity contribution >= 4 is 34.6 Å². The molecule has 2 aromatic rings. The van der Waals surface area contributed by atoms with E-state index in [9.17, 15) is 4.79 Å². The van der Waals surface area contributed by atoms with Crippen LogP contribution in [0.2, 0.25) is 0 Å². The first-order valence-corrected chi connectivity index (χ1v) is 8.58. The Morgan fingerprint density at radius 1 is 1.33 bits per heavy atom. The summed E-state index contributed by atoms with van der Waals surface area (Å²) in [7, 11) is 1.99. The zero-order valence-electron chi connectivity index (χ0n) is 13.4. The molecule has 24 heavy (non-hydrogen) atoms. The largest absolute Gasteiger partial charge is 0.349 e. The van der Waals surface area contributed by atoms with Crippen molar-refractivity contribution in [1.29, 1.82) is 0 Å². The number of aromatic nitrogens is 1. The van der Waals surface area contributed by atoms with Gasteiger partial charge in [0, 0.05) is 23.8 Å². The number of thiophene rings is 1. The molecule has 6 nitrogen and oxygen atoms in total. The molecule has 4 rings (SSSR count). The molecular formula is C17H17N5OS. The Labute approximate surface area is 143 Å². The van der Waals surface area contributed by atoms with Gasteiger partial charge >= 0.3 is 0 Å². The normalized spacial score (nSPS) is 20.6. The molecule has 1 amide bonds. The van der Waals surface area contributed by atoms with Gasteiger partial charge in [0.2, 0.25) is 5.96 Å². The van der Waals surface area contributed by atoms with Gasteiger partial charge in [-0.15, -0.1) is 11.3 Å². The van der Waals surface area contributed by atoms with Crippen LogP contribution in [0.5, 0.6) is 0 Å². The van der Waals surface area contributed by atoms with Crippen molar-refractivity contribution in [2.24, 2.45) is 17.1 Å². The monoisotopic (exact) mass is 339 g/mol. The van der Waals surface area contributed by atoms with Gasteiger partial charge in [0.25, 0.3) is 5.91 Å². The highest BCUT2D eigenvalue weighted by molar-refractivity contribution is 7.10. The molecule has 2 aliphatic heterocycles. The second kappa shape index (κ2) is 5.76. The topological polar surface area (TPSA) is 62.0 Å². The Hall–Kier alpha value is -2.67. The summed E-state index contributed by atoms with van der Waals surface area (Å²) in [6.45, 7) is 1.85. The summed E-state index contributed by atoms with van der Waals surface area (Å²) in [6, 6.07) is 7.97. The fourth-order valence-electron chi connectivity index (χ4n) is 2.85. The number of guanidine groups is 1. The van der Waals surface area contributed by atoms with Gasteiger partial charge in [-0.1, -0.05) is 6.07 Å². The van der Waals surface area contributed by atoms with Crippen molar-refractivity contribution in [3.63, 3.8) is 0 Å². The first-order chi connectivity index (χ1) is 11.6. The molecule has 1 atom stereocenters. The third-order valence-corrected chi connectivity index (χ3v) is 4.94. The Kier molecular flexibility index (Phi) is 3.57. The SMILES string of the molecule is CC1=NN(C2=NC(c3cccs3)C=C(c3cccn3C)N2)C(=O)C1. The number of amides is 1. The number of nitrogens with one attached hydrogen (secondary N) is 1. The van der Waals surface area contributed by atoms with Crippen molar-refractivity contribution < 1.29 is 4.79 Å². The van der Waals surface area contributed by atoms with Crippen LogP contribution in [-0.4, -0.2) is 27.2 Å². The Morgan fingerprint density at radius 3 is 2.83 bits per heavy atom. The highest BCUT2D eigenvalue weighted by Crippen LogP contribution is 2.30. The molecule has 0 saturated carbocycles. The summed E-state index contributed by atoms with van der Waals surface area (Å²) in [5, 5.41) is 11.0. The summed E-state index contributed by atoms with van der Waals surface area (Å²) in [5.41, 5.74) is 2.77. The third-order valence-electron chi connectivity index (χ3n) is 4.00. The molecule has 0 saturated heterocycles. The van der Waals surface area contributed by atoms with Crippen LogP contribution >= 0.6 is 11.3 Å². The Balaban J connectivity index is 1.75. The molecular weight excluding hydrogens is 322 g/mol. The van der Waals surface area contributed by atoms with Crippen LogP contribution in [0.25, 0.3) is 5.70 Å². The van der Waals surface area contributed by atoms with E-state index in [1.807, 2.05) is 48.3 Å². The zero-order chi connectivity index (χ0) is 16.7. The number of rotatable bonds is 2. The first kappa shape index (κ1) is 14.9. The van der Waals surface area contributed by atoms with E-state index in [0.29, 0.717) is 12.4 Å². The Morgan fingerprint density at radius 2 is 2.21 bits per heavy atom. The van der Waals surface area contributed by atoms with Crippen LogP contribution in [0.15, 0.2) is 52.0 Å². The second-order valence-corrected chi connectivity index (χ2v) is 6.82. The number of aliphatic imine (C=N–C) groups is 1. The molecule has 122 valence electrons. The van der Waals surface area contributed by atoms with E-state index in [1.54, 1.807) is 11.3 Å². The molecule has 2 aromatic heterocycles. The van der Waals surface area contributed by atoms with Gasteiger partial charge in [-0.05, 0) is 36.6 Å². The van der Waals surface area contributed by atoms with Crippen molar-refractivity contribution in [1.82, 2.24) is 14.9 Å². The number of hydrazone groups is 1. The minimum atomic E-state index is -0.130. The van der Waals surface area contributed by atoms with Crippen molar-refractivity contribution in [2.45, 2.75) is 19.4 Å². The maximum Gasteiger partial charge on any atom is 0.255 e. The van der Waals surface area contributed by atoms with E-state index in [2.05, 4.69) is 22.6 Å². The first-order valence-electron chi connectivity index (χ1n) is 7.70. The lowest BCUT2D eigenvalue weighted by atomic mass is 10.1. The summed E-state index contributed by atoms with van der Waals surface area (Å²) in [4.78, 5) is 18.0. The summed E-state index contributed by atoms with van der Waals surface area (Å²) in [5.74, 6) is 0.422. The fourth-order valence-corrected chi connectivity index (χ4v) is 3.58. The van der Waals surface area contributed by atoms with Crippen LogP contribution in [0, 0.1) is 0 Å². The smallest absolute Gasteiger partial charge is 0.255 e. The van der Waals surface area contributed by atoms with Gasteiger partial charge in [-0.2, -0.15) is 10.1 Å². The number of carbonyl (C=O) groups is 1. The van der Waals surface area contributed by atoms with Crippen LogP contribution < -0.4 is 5.32 Å². The fraction of sp³-hybridized carbons (Fsp3) is 0.235. The lowest BCUT2D eigenvalue weighted by Crippen LogP contribution is -2.41. The molecule has 4 heterocycles. The molecule has 0 fully saturated rings. The van der Waals surface area contributed by atoms with Crippen LogP contribution in [0.1, 0.15) is 30.0 Å². The maximum atomic E-state index is 12.2. The van der Waals surface area contributed by atoms with Crippen molar-refractivity contribution in [3.05, 3.63) is 52.5 Å². The average Bonchev–Trinajstić information content (AvgIpc) is 3.28. The maximum absolute atomic E-state index is 12.2. The third kappa shape index (κ3) is 2.56. The zero-order valence-corrected chi connectivity index (χ0v) is 14.2. The van der Waals surface area contributed by atoms with E-state index >= 15 is 0 Å². The van der Waals surface area contributed by atoms with Gasteiger partial charge < -0.3 is 9.88 Å². The number of nitrogens with zero attached hydrogens (tertiary/aromatic N) is 4. The van der Waals surface area contributed by atoms with E-state index in [0.717, 1.165) is 22.0 Å². The van der Waals surface area contributed by atoms with Gasteiger partial charge in [0.05, 0.1) is 17.8 Å². The molecule has 0 spiro atoms. The van der Waals surface area contributed by atoms with E-state index in [4.69, 9.17) is 4.99 Å². The lowest BCUT2D eigenvalue weighted by Gasteiger charge is -2.25. The highest BCUT2D eigenvalue weighted by atomic mass is 32.1. The summed E-state index contributed by atoms with van der Waals surface area (Å²) in [6.07, 6.45) is 4.42. The lowest BCUT2D eigenvalue weighted by molar-refractivity contribution is -0.125. The highest BCUT2D eigenvalue weighted by Gasteiger charge is 2.30. The molecule has 1 unspecified atom stereocenters. The number of aryl methyl sites for hydroxylation is 1. The number of carbonyl (C=O) groups excluding carboxylic acids is 1. The molecule has 2 aliphatic rings. The molecule has 1 N–H and O–H groups in total. The predicted molar refractivity (Wildman–Crippen MR) is 95.6 cm³/mol. The van der Waals surface area contributed by atoms with E-state index in [-0.39, 0.29) is 11.9 Å². The standard InChI is InChI=1S/C17H17N5OS/c1-11-9-16(23)22(20-11)17-18-12(14-5-3-7-21(14)2)10-13(19-17)15-6-4-8-24-15/h3-8,10,13H,9H2,1-2H3,(H,18,19). The quantitative estimate of drug-likeness (QED) is 0.914. The predicted octanol–water partition coefficient (Wildman–Crippen LogP) is 2.74. The minimum absolute atomic E-state index is 0.0585. The van der Waals surface area contributed by atoms with Crippen molar-refractivity contribution in [2.75, 3.05) is 0 Å². The van der Waals surface area contributed by atoms with Crippen LogP contribution in [0.3, 0.4) is 0 Å². The van der Waals surface area contributed by atoms with E-state index < -0.39 is 0 Å². The minimum Gasteiger partial charge on any atom is -0.349 e. The van der Waals surface area contributed by atoms with E-state index in [1.165, 1.54) is 5.01 Å². The Bertz CT molecular complexity index is 875. The molecule has 0 aromatic carbocycles. The molecule has 7 heteroatoms. The van der Waals surface area contributed by atoms with Crippen LogP contribution in [0.4, 0.5) is 0 Å². The van der Waals surface area contributed by atoms with Gasteiger partial charge in [0.1, 0.15) is 6.04 Å². The van der Waals surface area contributed by atoms with Crippen molar-refractivity contribution in [3.8, 4) is 0 Å². The molecule has 0 aliphatic carbocycles. The van der Waals surface area contributed by atoms with Gasteiger partial charge in [-0.3, -0.25) is 4.79 Å². The molecule has 0 radical (unpaired) electrons. The second-order valence-electron chi connectivity index (χ2n) is 5.84. The average molecular weight is 339 g/mol. The summed E-state index contributed by atoms with van der Waals surface area (Å²) >= 11 is 1.65.